The van der Waals surface area contributed by atoms with Gasteiger partial charge in [0.25, 0.3) is 0 Å². The number of carbonyl (C=O) groups excluding carboxylic acids is 1. The number of aryl methyl sites for hydroxylation is 1. The predicted octanol–water partition coefficient (Wildman–Crippen LogP) is 2.63. The molecule has 134 valence electrons. The molecule has 25 heavy (non-hydrogen) atoms. The third-order valence-corrected chi connectivity index (χ3v) is 6.91. The van der Waals surface area contributed by atoms with Crippen LogP contribution in [-0.4, -0.2) is 36.7 Å². The summed E-state index contributed by atoms with van der Waals surface area (Å²) in [5.41, 5.74) is 0.848. The van der Waals surface area contributed by atoms with Crippen LogP contribution in [0.5, 0.6) is 0 Å². The van der Waals surface area contributed by atoms with Crippen molar-refractivity contribution in [2.75, 3.05) is 18.4 Å². The van der Waals surface area contributed by atoms with Crippen LogP contribution >= 0.6 is 11.3 Å². The fourth-order valence-corrected chi connectivity index (χ4v) is 4.89. The molecule has 2 aromatic rings. The van der Waals surface area contributed by atoms with Crippen molar-refractivity contribution in [3.8, 4) is 0 Å². The first-order valence-electron chi connectivity index (χ1n) is 7.85. The van der Waals surface area contributed by atoms with E-state index in [1.165, 1.54) is 27.8 Å². The SMILES string of the molecule is Cc1csc(NC(=O)C2CCN(S(=O)(=O)c3ccc(F)cc3)CC2)n1. The van der Waals surface area contributed by atoms with Gasteiger partial charge in [-0.25, -0.2) is 17.8 Å². The minimum absolute atomic E-state index is 0.0649. The number of rotatable bonds is 4. The van der Waals surface area contributed by atoms with Crippen LogP contribution in [0.2, 0.25) is 0 Å². The van der Waals surface area contributed by atoms with Gasteiger partial charge in [-0.1, -0.05) is 0 Å². The van der Waals surface area contributed by atoms with E-state index in [4.69, 9.17) is 0 Å². The fraction of sp³-hybridized carbons (Fsp3) is 0.375. The lowest BCUT2D eigenvalue weighted by atomic mass is 9.97. The van der Waals surface area contributed by atoms with Crippen LogP contribution in [0.15, 0.2) is 34.5 Å². The lowest BCUT2D eigenvalue weighted by Crippen LogP contribution is -2.41. The molecule has 1 fully saturated rings. The zero-order valence-corrected chi connectivity index (χ0v) is 15.2. The number of piperidine rings is 1. The Bertz CT molecular complexity index is 857. The number of sulfonamides is 1. The molecule has 1 amide bonds. The van der Waals surface area contributed by atoms with Crippen molar-refractivity contribution < 1.29 is 17.6 Å². The number of benzene rings is 1. The highest BCUT2D eigenvalue weighted by Gasteiger charge is 2.32. The van der Waals surface area contributed by atoms with Gasteiger partial charge in [-0.05, 0) is 44.0 Å². The molecule has 0 bridgehead atoms. The topological polar surface area (TPSA) is 79.4 Å². The third-order valence-electron chi connectivity index (χ3n) is 4.13. The summed E-state index contributed by atoms with van der Waals surface area (Å²) in [6, 6.07) is 4.77. The highest BCUT2D eigenvalue weighted by atomic mass is 32.2. The lowest BCUT2D eigenvalue weighted by molar-refractivity contribution is -0.120. The second-order valence-electron chi connectivity index (χ2n) is 5.92. The second-order valence-corrected chi connectivity index (χ2v) is 8.71. The van der Waals surface area contributed by atoms with Gasteiger partial charge in [-0.2, -0.15) is 4.31 Å². The monoisotopic (exact) mass is 383 g/mol. The van der Waals surface area contributed by atoms with E-state index in [0.717, 1.165) is 17.8 Å². The molecule has 1 aromatic heterocycles. The average Bonchev–Trinajstić information content (AvgIpc) is 3.00. The van der Waals surface area contributed by atoms with Gasteiger partial charge in [0.1, 0.15) is 5.82 Å². The summed E-state index contributed by atoms with van der Waals surface area (Å²) in [7, 11) is -3.66. The number of carbonyl (C=O) groups is 1. The van der Waals surface area contributed by atoms with E-state index in [0.29, 0.717) is 18.0 Å². The van der Waals surface area contributed by atoms with Gasteiger partial charge in [-0.15, -0.1) is 11.3 Å². The maximum atomic E-state index is 13.0. The highest BCUT2D eigenvalue weighted by Crippen LogP contribution is 2.25. The number of anilines is 1. The van der Waals surface area contributed by atoms with Crippen LogP contribution in [0.4, 0.5) is 9.52 Å². The van der Waals surface area contributed by atoms with Crippen LogP contribution < -0.4 is 5.32 Å². The molecule has 3 rings (SSSR count). The number of hydrogen-bond donors (Lipinski definition) is 1. The Morgan fingerprint density at radius 1 is 1.28 bits per heavy atom. The van der Waals surface area contributed by atoms with Crippen LogP contribution in [-0.2, 0) is 14.8 Å². The van der Waals surface area contributed by atoms with Gasteiger partial charge < -0.3 is 5.32 Å². The van der Waals surface area contributed by atoms with Gasteiger partial charge in [0.15, 0.2) is 5.13 Å². The molecule has 0 atom stereocenters. The Hall–Kier alpha value is -1.84. The summed E-state index contributed by atoms with van der Waals surface area (Å²) in [5, 5.41) is 5.20. The van der Waals surface area contributed by atoms with Crippen molar-refractivity contribution in [2.45, 2.75) is 24.7 Å². The van der Waals surface area contributed by atoms with Crippen molar-refractivity contribution in [3.05, 3.63) is 41.2 Å². The van der Waals surface area contributed by atoms with E-state index >= 15 is 0 Å². The summed E-state index contributed by atoms with van der Waals surface area (Å²) >= 11 is 1.37. The fourth-order valence-electron chi connectivity index (χ4n) is 2.73. The summed E-state index contributed by atoms with van der Waals surface area (Å²) < 4.78 is 39.5. The number of thiazole rings is 1. The maximum Gasteiger partial charge on any atom is 0.243 e. The first-order chi connectivity index (χ1) is 11.9. The zero-order valence-electron chi connectivity index (χ0n) is 13.6. The first kappa shape index (κ1) is 18.0. The molecule has 1 saturated heterocycles. The molecule has 9 heteroatoms. The zero-order chi connectivity index (χ0) is 18.0. The lowest BCUT2D eigenvalue weighted by Gasteiger charge is -2.30. The van der Waals surface area contributed by atoms with Crippen molar-refractivity contribution in [2.24, 2.45) is 5.92 Å². The third kappa shape index (κ3) is 4.05. The molecule has 6 nitrogen and oxygen atoms in total. The summed E-state index contributed by atoms with van der Waals surface area (Å²) in [5.74, 6) is -0.858. The molecule has 0 aliphatic carbocycles. The van der Waals surface area contributed by atoms with Crippen LogP contribution in [0, 0.1) is 18.7 Å². The van der Waals surface area contributed by atoms with Gasteiger partial charge >= 0.3 is 0 Å². The van der Waals surface area contributed by atoms with Crippen molar-refractivity contribution in [1.29, 1.82) is 0 Å². The Balaban J connectivity index is 1.61. The number of halogens is 1. The van der Waals surface area contributed by atoms with Gasteiger partial charge in [0, 0.05) is 24.4 Å². The van der Waals surface area contributed by atoms with Gasteiger partial charge in [0.05, 0.1) is 10.6 Å². The summed E-state index contributed by atoms with van der Waals surface area (Å²) in [4.78, 5) is 16.5. The van der Waals surface area contributed by atoms with E-state index in [1.807, 2.05) is 12.3 Å². The van der Waals surface area contributed by atoms with E-state index in [9.17, 15) is 17.6 Å². The number of nitrogens with zero attached hydrogens (tertiary/aromatic N) is 2. The normalized spacial score (nSPS) is 16.7. The summed E-state index contributed by atoms with van der Waals surface area (Å²) in [6.07, 6.45) is 0.882. The second kappa shape index (κ2) is 7.19. The number of nitrogens with one attached hydrogen (secondary N) is 1. The highest BCUT2D eigenvalue weighted by molar-refractivity contribution is 7.89. The molecule has 0 spiro atoms. The van der Waals surface area contributed by atoms with E-state index in [1.54, 1.807) is 0 Å². The molecule has 0 radical (unpaired) electrons. The van der Waals surface area contributed by atoms with Crippen LogP contribution in [0.3, 0.4) is 0 Å². The van der Waals surface area contributed by atoms with Crippen molar-refractivity contribution in [1.82, 2.24) is 9.29 Å². The van der Waals surface area contributed by atoms with Gasteiger partial charge in [0.2, 0.25) is 15.9 Å². The molecular weight excluding hydrogens is 365 g/mol. The Kier molecular flexibility index (Phi) is 5.16. The minimum atomic E-state index is -3.66. The first-order valence-corrected chi connectivity index (χ1v) is 10.2. The molecule has 1 aliphatic rings. The Morgan fingerprint density at radius 2 is 1.92 bits per heavy atom. The van der Waals surface area contributed by atoms with Crippen molar-refractivity contribution in [3.63, 3.8) is 0 Å². The van der Waals surface area contributed by atoms with E-state index < -0.39 is 15.8 Å². The van der Waals surface area contributed by atoms with E-state index in [-0.39, 0.29) is 29.8 Å². The van der Waals surface area contributed by atoms with Gasteiger partial charge in [-0.3, -0.25) is 4.79 Å². The van der Waals surface area contributed by atoms with E-state index in [2.05, 4.69) is 10.3 Å². The Labute approximate surface area is 149 Å². The predicted molar refractivity (Wildman–Crippen MR) is 93.4 cm³/mol. The largest absolute Gasteiger partial charge is 0.302 e. The summed E-state index contributed by atoms with van der Waals surface area (Å²) in [6.45, 7) is 2.37. The van der Waals surface area contributed by atoms with Crippen LogP contribution in [0.1, 0.15) is 18.5 Å². The molecular formula is C16H18FN3O3S2. The average molecular weight is 383 g/mol. The molecule has 1 aromatic carbocycles. The standard InChI is InChI=1S/C16H18FN3O3S2/c1-11-10-24-16(18-11)19-15(21)12-6-8-20(9-7-12)25(22,23)14-4-2-13(17)3-5-14/h2-5,10,12H,6-9H2,1H3,(H,18,19,21). The quantitative estimate of drug-likeness (QED) is 0.880. The molecule has 0 unspecified atom stereocenters. The minimum Gasteiger partial charge on any atom is -0.302 e. The Morgan fingerprint density at radius 3 is 2.48 bits per heavy atom. The van der Waals surface area contributed by atoms with Crippen LogP contribution in [0.25, 0.3) is 0 Å². The maximum absolute atomic E-state index is 13.0. The molecule has 0 saturated carbocycles. The van der Waals surface area contributed by atoms with Crippen molar-refractivity contribution >= 4 is 32.4 Å². The number of aromatic nitrogens is 1. The molecule has 2 heterocycles. The number of hydrogen-bond acceptors (Lipinski definition) is 5. The molecule has 1 N–H and O–H groups in total. The number of amides is 1. The smallest absolute Gasteiger partial charge is 0.243 e. The molecule has 1 aliphatic heterocycles.